The molecule has 1 aromatic carbocycles. The summed E-state index contributed by atoms with van der Waals surface area (Å²) in [7, 11) is 0. The number of para-hydroxylation sites is 1. The molecule has 5 heteroatoms. The summed E-state index contributed by atoms with van der Waals surface area (Å²) in [5, 5.41) is 4.18. The summed E-state index contributed by atoms with van der Waals surface area (Å²) >= 11 is 1.44. The van der Waals surface area contributed by atoms with Crippen molar-refractivity contribution in [2.24, 2.45) is 5.92 Å². The highest BCUT2D eigenvalue weighted by atomic mass is 32.1. The van der Waals surface area contributed by atoms with Gasteiger partial charge in [0.1, 0.15) is 12.4 Å². The number of hydrogen-bond donors (Lipinski definition) is 2. The van der Waals surface area contributed by atoms with Gasteiger partial charge in [-0.05, 0) is 31.0 Å². The van der Waals surface area contributed by atoms with Gasteiger partial charge in [0.05, 0.1) is 15.6 Å². The van der Waals surface area contributed by atoms with Crippen LogP contribution in [-0.4, -0.2) is 18.9 Å². The van der Waals surface area contributed by atoms with Crippen LogP contribution in [-0.2, 0) is 0 Å². The van der Waals surface area contributed by atoms with Gasteiger partial charge in [0.25, 0.3) is 0 Å². The van der Waals surface area contributed by atoms with Crippen molar-refractivity contribution in [1.82, 2.24) is 0 Å². The number of ketones is 1. The zero-order valence-corrected chi connectivity index (χ0v) is 12.5. The molecule has 110 valence electrons. The number of nitrogens with one attached hydrogen (secondary N) is 1. The third kappa shape index (κ3) is 3.55. The van der Waals surface area contributed by atoms with Gasteiger partial charge in [0, 0.05) is 12.5 Å². The Morgan fingerprint density at radius 1 is 1.33 bits per heavy atom. The summed E-state index contributed by atoms with van der Waals surface area (Å²) < 4.78 is 5.60. The maximum atomic E-state index is 12.0. The average molecular weight is 302 g/mol. The summed E-state index contributed by atoms with van der Waals surface area (Å²) in [5.74, 6) is 1.26. The lowest BCUT2D eigenvalue weighted by Crippen LogP contribution is -2.10. The summed E-state index contributed by atoms with van der Waals surface area (Å²) in [6.07, 6.45) is 2.01. The van der Waals surface area contributed by atoms with E-state index in [9.17, 15) is 4.79 Å². The second kappa shape index (κ2) is 6.18. The van der Waals surface area contributed by atoms with E-state index in [4.69, 9.17) is 10.5 Å². The summed E-state index contributed by atoms with van der Waals surface area (Å²) in [5.41, 5.74) is 6.51. The van der Waals surface area contributed by atoms with Crippen LogP contribution in [0.5, 0.6) is 5.75 Å². The number of ether oxygens (including phenoxy) is 1. The fourth-order valence-electron chi connectivity index (χ4n) is 2.08. The number of thiophene rings is 1. The van der Waals surface area contributed by atoms with Crippen molar-refractivity contribution in [2.75, 3.05) is 24.2 Å². The van der Waals surface area contributed by atoms with Crippen LogP contribution >= 0.6 is 11.3 Å². The third-order valence-electron chi connectivity index (χ3n) is 3.35. The summed E-state index contributed by atoms with van der Waals surface area (Å²) in [4.78, 5) is 12.7. The lowest BCUT2D eigenvalue weighted by atomic mass is 10.2. The lowest BCUT2D eigenvalue weighted by molar-refractivity contribution is 0.0972. The van der Waals surface area contributed by atoms with Crippen LogP contribution in [0.2, 0.25) is 0 Å². The van der Waals surface area contributed by atoms with Crippen molar-refractivity contribution in [3.05, 3.63) is 41.3 Å². The van der Waals surface area contributed by atoms with Crippen molar-refractivity contribution in [1.29, 1.82) is 0 Å². The van der Waals surface area contributed by atoms with Crippen LogP contribution in [0.4, 0.5) is 10.7 Å². The monoisotopic (exact) mass is 302 g/mol. The molecule has 0 atom stereocenters. The van der Waals surface area contributed by atoms with Crippen molar-refractivity contribution < 1.29 is 9.53 Å². The smallest absolute Gasteiger partial charge is 0.178 e. The van der Waals surface area contributed by atoms with Gasteiger partial charge in [-0.3, -0.25) is 4.79 Å². The predicted octanol–water partition coefficient (Wildman–Crippen LogP) is 3.41. The second-order valence-corrected chi connectivity index (χ2v) is 6.17. The van der Waals surface area contributed by atoms with Crippen LogP contribution in [0.3, 0.4) is 0 Å². The molecule has 1 saturated carbocycles. The molecule has 1 aliphatic rings. The molecule has 1 aliphatic carbocycles. The summed E-state index contributed by atoms with van der Waals surface area (Å²) in [6.45, 7) is 1.24. The van der Waals surface area contributed by atoms with E-state index in [2.05, 4.69) is 5.32 Å². The normalized spacial score (nSPS) is 13.9. The van der Waals surface area contributed by atoms with Crippen molar-refractivity contribution in [3.8, 4) is 5.75 Å². The highest BCUT2D eigenvalue weighted by Gasteiger charge is 2.32. The van der Waals surface area contributed by atoms with E-state index in [1.807, 2.05) is 36.4 Å². The summed E-state index contributed by atoms with van der Waals surface area (Å²) in [6, 6.07) is 11.5. The highest BCUT2D eigenvalue weighted by molar-refractivity contribution is 7.18. The Morgan fingerprint density at radius 3 is 2.81 bits per heavy atom. The molecule has 4 nitrogen and oxygen atoms in total. The van der Waals surface area contributed by atoms with E-state index >= 15 is 0 Å². The van der Waals surface area contributed by atoms with E-state index in [1.54, 1.807) is 0 Å². The van der Waals surface area contributed by atoms with Crippen LogP contribution < -0.4 is 15.8 Å². The van der Waals surface area contributed by atoms with Crippen LogP contribution in [0.25, 0.3) is 0 Å². The number of Topliss-reactive ketones (excluding diaryl/α,β-unsaturated/α-hetero) is 1. The first-order valence-electron chi connectivity index (χ1n) is 7.09. The quantitative estimate of drug-likeness (QED) is 0.607. The Balaban J connectivity index is 1.49. The molecule has 0 amide bonds. The van der Waals surface area contributed by atoms with Crippen molar-refractivity contribution in [3.63, 3.8) is 0 Å². The van der Waals surface area contributed by atoms with Gasteiger partial charge in [-0.25, -0.2) is 0 Å². The van der Waals surface area contributed by atoms with Gasteiger partial charge in [-0.15, -0.1) is 11.3 Å². The third-order valence-corrected chi connectivity index (χ3v) is 4.47. The first-order chi connectivity index (χ1) is 10.2. The molecule has 0 saturated heterocycles. The number of hydrogen-bond acceptors (Lipinski definition) is 5. The zero-order valence-electron chi connectivity index (χ0n) is 11.7. The van der Waals surface area contributed by atoms with Crippen LogP contribution in [0, 0.1) is 5.92 Å². The topological polar surface area (TPSA) is 64.3 Å². The Bertz CT molecular complexity index is 620. The molecular formula is C16H18N2O2S. The van der Waals surface area contributed by atoms with E-state index < -0.39 is 0 Å². The number of nitrogen functional groups attached to an aromatic ring is 1. The first-order valence-corrected chi connectivity index (χ1v) is 7.91. The fourth-order valence-corrected chi connectivity index (χ4v) is 3.10. The minimum atomic E-state index is 0.200. The van der Waals surface area contributed by atoms with Crippen molar-refractivity contribution in [2.45, 2.75) is 12.8 Å². The predicted molar refractivity (Wildman–Crippen MR) is 86.2 cm³/mol. The standard InChI is InChI=1S/C16H18N2O2S/c17-13-10-14(21-16(13)15(19)11-6-7-11)18-8-9-20-12-4-2-1-3-5-12/h1-5,10-11,18H,6-9,17H2. The minimum absolute atomic E-state index is 0.200. The van der Waals surface area contributed by atoms with Gasteiger partial charge in [-0.2, -0.15) is 0 Å². The molecule has 0 bridgehead atoms. The largest absolute Gasteiger partial charge is 0.492 e. The number of nitrogens with two attached hydrogens (primary N) is 1. The van der Waals surface area contributed by atoms with Crippen LogP contribution in [0.15, 0.2) is 36.4 Å². The van der Waals surface area contributed by atoms with E-state index in [-0.39, 0.29) is 11.7 Å². The van der Waals surface area contributed by atoms with E-state index in [0.29, 0.717) is 23.7 Å². The number of benzene rings is 1. The Kier molecular flexibility index (Phi) is 4.10. The average Bonchev–Trinajstić information content (AvgIpc) is 3.28. The number of rotatable bonds is 7. The number of anilines is 2. The molecule has 3 rings (SSSR count). The van der Waals surface area contributed by atoms with Crippen LogP contribution in [0.1, 0.15) is 22.5 Å². The van der Waals surface area contributed by atoms with Gasteiger partial charge in [-0.1, -0.05) is 18.2 Å². The second-order valence-electron chi connectivity index (χ2n) is 5.12. The van der Waals surface area contributed by atoms with Gasteiger partial charge in [0.2, 0.25) is 0 Å². The Morgan fingerprint density at radius 2 is 2.10 bits per heavy atom. The molecule has 0 radical (unpaired) electrons. The molecular weight excluding hydrogens is 284 g/mol. The maximum Gasteiger partial charge on any atom is 0.178 e. The van der Waals surface area contributed by atoms with Gasteiger partial charge >= 0.3 is 0 Å². The Hall–Kier alpha value is -2.01. The molecule has 3 N–H and O–H groups in total. The molecule has 21 heavy (non-hydrogen) atoms. The molecule has 1 aromatic heterocycles. The number of carbonyl (C=O) groups is 1. The van der Waals surface area contributed by atoms with Crippen molar-refractivity contribution >= 4 is 27.8 Å². The Labute approximate surface area is 127 Å². The molecule has 0 spiro atoms. The first kappa shape index (κ1) is 13.9. The molecule has 0 unspecified atom stereocenters. The molecule has 1 heterocycles. The molecule has 0 aliphatic heterocycles. The molecule has 2 aromatic rings. The minimum Gasteiger partial charge on any atom is -0.492 e. The van der Waals surface area contributed by atoms with Gasteiger partial charge < -0.3 is 15.8 Å². The highest BCUT2D eigenvalue weighted by Crippen LogP contribution is 2.38. The zero-order chi connectivity index (χ0) is 14.7. The molecule has 1 fully saturated rings. The van der Waals surface area contributed by atoms with E-state index in [0.717, 1.165) is 23.6 Å². The van der Waals surface area contributed by atoms with Gasteiger partial charge in [0.15, 0.2) is 5.78 Å². The lowest BCUT2D eigenvalue weighted by Gasteiger charge is -2.06. The SMILES string of the molecule is Nc1cc(NCCOc2ccccc2)sc1C(=O)C1CC1. The fraction of sp³-hybridized carbons (Fsp3) is 0.312. The van der Waals surface area contributed by atoms with E-state index in [1.165, 1.54) is 11.3 Å². The number of carbonyl (C=O) groups excluding carboxylic acids is 1. The maximum absolute atomic E-state index is 12.0.